The van der Waals surface area contributed by atoms with Gasteiger partial charge in [-0.1, -0.05) is 160 Å². The SMILES string of the molecule is CCCCCCCC/C=C/CCCCCCC(C=O)C(=O)C=CCCCCCCCCCCCCCCC. The molecule has 222 valence electrons. The van der Waals surface area contributed by atoms with Gasteiger partial charge in [-0.3, -0.25) is 4.79 Å². The zero-order valence-corrected chi connectivity index (χ0v) is 25.9. The predicted molar refractivity (Wildman–Crippen MR) is 169 cm³/mol. The largest absolute Gasteiger partial charge is 0.303 e. The molecule has 0 aromatic carbocycles. The molecular formula is C36H66O2. The summed E-state index contributed by atoms with van der Waals surface area (Å²) in [6.07, 6.45) is 43.6. The number of hydrogen-bond donors (Lipinski definition) is 0. The van der Waals surface area contributed by atoms with Gasteiger partial charge in [0.1, 0.15) is 6.29 Å². The zero-order chi connectivity index (χ0) is 27.8. The Morgan fingerprint density at radius 3 is 1.21 bits per heavy atom. The van der Waals surface area contributed by atoms with E-state index in [1.165, 1.54) is 135 Å². The number of ketones is 1. The number of hydrogen-bond acceptors (Lipinski definition) is 2. The molecular weight excluding hydrogens is 464 g/mol. The molecule has 0 bridgehead atoms. The number of aldehydes is 1. The van der Waals surface area contributed by atoms with E-state index in [1.54, 1.807) is 6.08 Å². The Balaban J connectivity index is 3.54. The Morgan fingerprint density at radius 2 is 0.816 bits per heavy atom. The maximum atomic E-state index is 12.3. The minimum Gasteiger partial charge on any atom is -0.303 e. The van der Waals surface area contributed by atoms with Crippen LogP contribution in [-0.4, -0.2) is 12.1 Å². The Hall–Kier alpha value is -1.18. The molecule has 1 atom stereocenters. The second-order valence-corrected chi connectivity index (χ2v) is 11.6. The number of unbranched alkanes of at least 4 members (excludes halogenated alkanes) is 23. The van der Waals surface area contributed by atoms with Crippen LogP contribution in [0.5, 0.6) is 0 Å². The van der Waals surface area contributed by atoms with Crippen molar-refractivity contribution in [2.24, 2.45) is 5.92 Å². The smallest absolute Gasteiger partial charge is 0.165 e. The molecule has 0 saturated heterocycles. The fourth-order valence-corrected chi connectivity index (χ4v) is 5.14. The van der Waals surface area contributed by atoms with Crippen molar-refractivity contribution in [2.45, 2.75) is 187 Å². The molecule has 0 aromatic heterocycles. The summed E-state index contributed by atoms with van der Waals surface area (Å²) in [5.74, 6) is -0.428. The van der Waals surface area contributed by atoms with Crippen LogP contribution in [0.3, 0.4) is 0 Å². The molecule has 0 aliphatic heterocycles. The van der Waals surface area contributed by atoms with E-state index in [0.717, 1.165) is 38.4 Å². The molecule has 0 aliphatic carbocycles. The van der Waals surface area contributed by atoms with E-state index in [1.807, 2.05) is 6.08 Å². The Morgan fingerprint density at radius 1 is 0.474 bits per heavy atom. The normalized spacial score (nSPS) is 12.6. The monoisotopic (exact) mass is 531 g/mol. The van der Waals surface area contributed by atoms with E-state index in [-0.39, 0.29) is 5.78 Å². The van der Waals surface area contributed by atoms with Crippen LogP contribution in [-0.2, 0) is 9.59 Å². The summed E-state index contributed by atoms with van der Waals surface area (Å²) in [5, 5.41) is 0. The van der Waals surface area contributed by atoms with Gasteiger partial charge < -0.3 is 4.79 Å². The first kappa shape index (κ1) is 36.8. The summed E-state index contributed by atoms with van der Waals surface area (Å²) < 4.78 is 0. The van der Waals surface area contributed by atoms with Gasteiger partial charge in [-0.15, -0.1) is 0 Å². The van der Waals surface area contributed by atoms with Crippen molar-refractivity contribution in [3.05, 3.63) is 24.3 Å². The summed E-state index contributed by atoms with van der Waals surface area (Å²) in [6, 6.07) is 0. The van der Waals surface area contributed by atoms with E-state index in [2.05, 4.69) is 26.0 Å². The molecule has 0 N–H and O–H groups in total. The fourth-order valence-electron chi connectivity index (χ4n) is 5.14. The van der Waals surface area contributed by atoms with Crippen LogP contribution < -0.4 is 0 Å². The standard InChI is InChI=1S/C36H66O2/c1-3-5-7-9-11-13-15-17-19-21-23-25-27-29-31-33-36(38)35(34-37)32-30-28-26-24-22-20-18-16-14-12-10-8-6-4-2/h18,20,31,33-35H,3-17,19,21-30,32H2,1-2H3/b20-18+,33-31?. The summed E-state index contributed by atoms with van der Waals surface area (Å²) in [6.45, 7) is 4.54. The minimum absolute atomic E-state index is 0.00678. The van der Waals surface area contributed by atoms with Gasteiger partial charge in [0.15, 0.2) is 5.78 Å². The Labute approximate surface area is 238 Å². The third-order valence-corrected chi connectivity index (χ3v) is 7.81. The van der Waals surface area contributed by atoms with Crippen LogP contribution in [0, 0.1) is 5.92 Å². The van der Waals surface area contributed by atoms with Gasteiger partial charge in [0.05, 0.1) is 5.92 Å². The molecule has 0 rings (SSSR count). The van der Waals surface area contributed by atoms with Crippen molar-refractivity contribution < 1.29 is 9.59 Å². The number of rotatable bonds is 31. The Bertz CT molecular complexity index is 548. The fraction of sp³-hybridized carbons (Fsp3) is 0.833. The van der Waals surface area contributed by atoms with E-state index >= 15 is 0 Å². The topological polar surface area (TPSA) is 34.1 Å². The summed E-state index contributed by atoms with van der Waals surface area (Å²) in [5.41, 5.74) is 0. The molecule has 0 aromatic rings. The van der Waals surface area contributed by atoms with Crippen LogP contribution in [0.4, 0.5) is 0 Å². The predicted octanol–water partition coefficient (Wildman–Crippen LogP) is 12.1. The van der Waals surface area contributed by atoms with Crippen LogP contribution in [0.25, 0.3) is 0 Å². The van der Waals surface area contributed by atoms with Crippen LogP contribution in [0.15, 0.2) is 24.3 Å². The number of carbonyl (C=O) groups is 2. The Kier molecular flexibility index (Phi) is 31.0. The molecule has 0 amide bonds. The van der Waals surface area contributed by atoms with Crippen molar-refractivity contribution >= 4 is 12.1 Å². The van der Waals surface area contributed by atoms with Gasteiger partial charge in [-0.05, 0) is 51.0 Å². The molecule has 0 aliphatic rings. The first-order valence-electron chi connectivity index (χ1n) is 17.1. The van der Waals surface area contributed by atoms with Gasteiger partial charge in [0.2, 0.25) is 0 Å². The lowest BCUT2D eigenvalue weighted by molar-refractivity contribution is -0.124. The molecule has 0 fully saturated rings. The van der Waals surface area contributed by atoms with E-state index in [9.17, 15) is 9.59 Å². The third-order valence-electron chi connectivity index (χ3n) is 7.81. The van der Waals surface area contributed by atoms with Gasteiger partial charge in [0.25, 0.3) is 0 Å². The molecule has 2 nitrogen and oxygen atoms in total. The average Bonchev–Trinajstić information content (AvgIpc) is 2.93. The summed E-state index contributed by atoms with van der Waals surface area (Å²) in [4.78, 5) is 23.8. The van der Waals surface area contributed by atoms with E-state index in [4.69, 9.17) is 0 Å². The lowest BCUT2D eigenvalue weighted by atomic mass is 9.97. The van der Waals surface area contributed by atoms with Crippen LogP contribution in [0.1, 0.15) is 187 Å². The quantitative estimate of drug-likeness (QED) is 0.0293. The van der Waals surface area contributed by atoms with E-state index in [0.29, 0.717) is 6.42 Å². The van der Waals surface area contributed by atoms with Gasteiger partial charge in [-0.2, -0.15) is 0 Å². The van der Waals surface area contributed by atoms with Crippen molar-refractivity contribution in [1.82, 2.24) is 0 Å². The van der Waals surface area contributed by atoms with Crippen molar-refractivity contribution in [3.63, 3.8) is 0 Å². The maximum Gasteiger partial charge on any atom is 0.165 e. The molecule has 0 saturated carbocycles. The lowest BCUT2D eigenvalue weighted by Gasteiger charge is -2.06. The average molecular weight is 531 g/mol. The second kappa shape index (κ2) is 32.0. The molecule has 0 spiro atoms. The van der Waals surface area contributed by atoms with Gasteiger partial charge in [-0.25, -0.2) is 0 Å². The third kappa shape index (κ3) is 27.8. The highest BCUT2D eigenvalue weighted by atomic mass is 16.1. The minimum atomic E-state index is -0.435. The van der Waals surface area contributed by atoms with Gasteiger partial charge in [0, 0.05) is 0 Å². The van der Waals surface area contributed by atoms with E-state index < -0.39 is 5.92 Å². The molecule has 0 radical (unpaired) electrons. The highest BCUT2D eigenvalue weighted by Crippen LogP contribution is 2.15. The van der Waals surface area contributed by atoms with Crippen LogP contribution in [0.2, 0.25) is 0 Å². The van der Waals surface area contributed by atoms with Crippen molar-refractivity contribution in [3.8, 4) is 0 Å². The summed E-state index contributed by atoms with van der Waals surface area (Å²) in [7, 11) is 0. The number of carbonyl (C=O) groups excluding carboxylic acids is 2. The zero-order valence-electron chi connectivity index (χ0n) is 25.9. The first-order valence-corrected chi connectivity index (χ1v) is 17.1. The number of allylic oxidation sites excluding steroid dienone is 4. The van der Waals surface area contributed by atoms with Gasteiger partial charge >= 0.3 is 0 Å². The molecule has 2 heteroatoms. The first-order chi connectivity index (χ1) is 18.8. The van der Waals surface area contributed by atoms with Crippen LogP contribution >= 0.6 is 0 Å². The molecule has 38 heavy (non-hydrogen) atoms. The van der Waals surface area contributed by atoms with Crippen molar-refractivity contribution in [2.75, 3.05) is 0 Å². The second-order valence-electron chi connectivity index (χ2n) is 11.6. The molecule has 1 unspecified atom stereocenters. The highest BCUT2D eigenvalue weighted by Gasteiger charge is 2.14. The molecule has 0 heterocycles. The summed E-state index contributed by atoms with van der Waals surface area (Å²) >= 11 is 0. The lowest BCUT2D eigenvalue weighted by Crippen LogP contribution is -2.13. The van der Waals surface area contributed by atoms with Crippen molar-refractivity contribution in [1.29, 1.82) is 0 Å². The highest BCUT2D eigenvalue weighted by molar-refractivity contribution is 6.00. The maximum absolute atomic E-state index is 12.3.